The second-order valence-electron chi connectivity index (χ2n) is 5.04. The van der Waals surface area contributed by atoms with Gasteiger partial charge < -0.3 is 14.8 Å². The molecule has 0 unspecified atom stereocenters. The number of aliphatic hydroxyl groups is 1. The van der Waals surface area contributed by atoms with E-state index in [1.165, 1.54) is 0 Å². The van der Waals surface area contributed by atoms with Gasteiger partial charge in [0, 0.05) is 0 Å². The molecule has 114 valence electrons. The van der Waals surface area contributed by atoms with Crippen LogP contribution in [0.5, 0.6) is 11.5 Å². The van der Waals surface area contributed by atoms with Crippen LogP contribution in [-0.4, -0.2) is 15.1 Å². The summed E-state index contributed by atoms with van der Waals surface area (Å²) in [5, 5.41) is 18.2. The summed E-state index contributed by atoms with van der Waals surface area (Å²) in [6.45, 7) is 1.43. The summed E-state index contributed by atoms with van der Waals surface area (Å²) < 4.78 is 5.82. The number of nitriles is 1. The number of H-pyrrole nitrogens is 1. The molecular formula is C17H13N3O3. The van der Waals surface area contributed by atoms with Gasteiger partial charge in [-0.15, -0.1) is 0 Å². The van der Waals surface area contributed by atoms with Gasteiger partial charge in [0.15, 0.2) is 5.75 Å². The number of aromatic nitrogens is 2. The van der Waals surface area contributed by atoms with Gasteiger partial charge in [-0.25, -0.2) is 4.98 Å². The number of aryl methyl sites for hydroxylation is 1. The van der Waals surface area contributed by atoms with Gasteiger partial charge in [-0.1, -0.05) is 0 Å². The van der Waals surface area contributed by atoms with Crippen LogP contribution in [0.4, 0.5) is 0 Å². The fraction of sp³-hybridized carbons (Fsp3) is 0.118. The van der Waals surface area contributed by atoms with E-state index in [1.54, 1.807) is 43.3 Å². The van der Waals surface area contributed by atoms with Crippen LogP contribution in [-0.2, 0) is 6.61 Å². The molecule has 0 aliphatic heterocycles. The van der Waals surface area contributed by atoms with E-state index >= 15 is 0 Å². The van der Waals surface area contributed by atoms with Crippen molar-refractivity contribution < 1.29 is 9.84 Å². The highest BCUT2D eigenvalue weighted by Crippen LogP contribution is 2.29. The maximum Gasteiger partial charge on any atom is 0.269 e. The molecule has 0 atom stereocenters. The molecule has 23 heavy (non-hydrogen) atoms. The largest absolute Gasteiger partial charge is 0.455 e. The van der Waals surface area contributed by atoms with Crippen LogP contribution in [0.3, 0.4) is 0 Å². The summed E-state index contributed by atoms with van der Waals surface area (Å²) in [5.74, 6) is 0.960. The Bertz CT molecular complexity index is 969. The Labute approximate surface area is 131 Å². The predicted molar refractivity (Wildman–Crippen MR) is 84.3 cm³/mol. The van der Waals surface area contributed by atoms with Crippen LogP contribution in [0, 0.1) is 18.3 Å². The molecule has 0 aliphatic rings. The zero-order valence-electron chi connectivity index (χ0n) is 12.3. The molecule has 1 heterocycles. The molecule has 0 saturated heterocycles. The molecule has 3 aromatic rings. The summed E-state index contributed by atoms with van der Waals surface area (Å²) in [5.41, 5.74) is 2.18. The fourth-order valence-corrected chi connectivity index (χ4v) is 2.20. The Morgan fingerprint density at radius 2 is 2.04 bits per heavy atom. The SMILES string of the molecule is Cc1nc2c(Oc3ccc(C#N)cc3)cc(CO)cc2[nH]c1=O. The highest BCUT2D eigenvalue weighted by atomic mass is 16.5. The topological polar surface area (TPSA) is 99.0 Å². The number of benzene rings is 2. The molecule has 6 nitrogen and oxygen atoms in total. The first kappa shape index (κ1) is 14.8. The standard InChI is InChI=1S/C17H13N3O3/c1-10-17(22)20-14-6-12(9-21)7-15(16(14)19-10)23-13-4-2-11(8-18)3-5-13/h2-7,21H,9H2,1H3,(H,20,22). The first-order valence-electron chi connectivity index (χ1n) is 6.93. The second kappa shape index (κ2) is 5.91. The van der Waals surface area contributed by atoms with E-state index in [4.69, 9.17) is 10.00 Å². The van der Waals surface area contributed by atoms with E-state index in [0.29, 0.717) is 39.4 Å². The Morgan fingerprint density at radius 1 is 1.30 bits per heavy atom. The Kier molecular flexibility index (Phi) is 3.79. The lowest BCUT2D eigenvalue weighted by atomic mass is 10.1. The smallest absolute Gasteiger partial charge is 0.269 e. The van der Waals surface area contributed by atoms with Gasteiger partial charge in [-0.05, 0) is 48.9 Å². The number of rotatable bonds is 3. The third-order valence-electron chi connectivity index (χ3n) is 3.38. The van der Waals surface area contributed by atoms with Crippen LogP contribution in [0.15, 0.2) is 41.2 Å². The summed E-state index contributed by atoms with van der Waals surface area (Å²) >= 11 is 0. The molecular weight excluding hydrogens is 294 g/mol. The molecule has 0 bridgehead atoms. The molecule has 0 spiro atoms. The minimum atomic E-state index is -0.281. The average Bonchev–Trinajstić information content (AvgIpc) is 2.57. The van der Waals surface area contributed by atoms with Gasteiger partial charge in [-0.2, -0.15) is 5.26 Å². The van der Waals surface area contributed by atoms with Gasteiger partial charge in [0.25, 0.3) is 5.56 Å². The van der Waals surface area contributed by atoms with Crippen LogP contribution in [0.2, 0.25) is 0 Å². The normalized spacial score (nSPS) is 10.5. The number of hydrogen-bond donors (Lipinski definition) is 2. The van der Waals surface area contributed by atoms with Crippen LogP contribution < -0.4 is 10.3 Å². The highest BCUT2D eigenvalue weighted by Gasteiger charge is 2.10. The second-order valence-corrected chi connectivity index (χ2v) is 5.04. The van der Waals surface area contributed by atoms with Gasteiger partial charge in [0.05, 0.1) is 23.8 Å². The molecule has 0 radical (unpaired) electrons. The van der Waals surface area contributed by atoms with Crippen LogP contribution in [0.25, 0.3) is 11.0 Å². The van der Waals surface area contributed by atoms with E-state index in [2.05, 4.69) is 9.97 Å². The van der Waals surface area contributed by atoms with Crippen molar-refractivity contribution in [3.8, 4) is 17.6 Å². The monoisotopic (exact) mass is 307 g/mol. The van der Waals surface area contributed by atoms with Crippen LogP contribution in [0.1, 0.15) is 16.8 Å². The molecule has 0 saturated carbocycles. The molecule has 0 fully saturated rings. The Hall–Kier alpha value is -3.17. The Morgan fingerprint density at radius 3 is 2.70 bits per heavy atom. The lowest BCUT2D eigenvalue weighted by Gasteiger charge is -2.10. The zero-order valence-corrected chi connectivity index (χ0v) is 12.3. The third kappa shape index (κ3) is 2.91. The van der Waals surface area contributed by atoms with Gasteiger partial charge in [0.1, 0.15) is 17.0 Å². The van der Waals surface area contributed by atoms with Crippen molar-refractivity contribution in [2.75, 3.05) is 0 Å². The highest BCUT2D eigenvalue weighted by molar-refractivity contribution is 5.82. The van der Waals surface area contributed by atoms with E-state index in [0.717, 1.165) is 0 Å². The van der Waals surface area contributed by atoms with E-state index in [-0.39, 0.29) is 12.2 Å². The molecule has 2 aromatic carbocycles. The summed E-state index contributed by atoms with van der Waals surface area (Å²) in [6.07, 6.45) is 0. The van der Waals surface area contributed by atoms with Crippen molar-refractivity contribution in [3.63, 3.8) is 0 Å². The van der Waals surface area contributed by atoms with Gasteiger partial charge in [0.2, 0.25) is 0 Å². The number of hydrogen-bond acceptors (Lipinski definition) is 5. The van der Waals surface area contributed by atoms with E-state index < -0.39 is 0 Å². The first-order chi connectivity index (χ1) is 11.1. The summed E-state index contributed by atoms with van der Waals surface area (Å²) in [7, 11) is 0. The minimum Gasteiger partial charge on any atom is -0.455 e. The Balaban J connectivity index is 2.12. The first-order valence-corrected chi connectivity index (χ1v) is 6.93. The lowest BCUT2D eigenvalue weighted by molar-refractivity contribution is 0.281. The quantitative estimate of drug-likeness (QED) is 0.774. The minimum absolute atomic E-state index is 0.185. The fourth-order valence-electron chi connectivity index (χ4n) is 2.20. The van der Waals surface area contributed by atoms with Crippen molar-refractivity contribution in [1.29, 1.82) is 5.26 Å². The number of ether oxygens (including phenoxy) is 1. The summed E-state index contributed by atoms with van der Waals surface area (Å²) in [4.78, 5) is 18.7. The van der Waals surface area contributed by atoms with Crippen molar-refractivity contribution in [1.82, 2.24) is 9.97 Å². The predicted octanol–water partition coefficient (Wildman–Crippen LogP) is 2.39. The lowest BCUT2D eigenvalue weighted by Crippen LogP contribution is -2.12. The summed E-state index contributed by atoms with van der Waals surface area (Å²) in [6, 6.07) is 12.0. The van der Waals surface area contributed by atoms with E-state index in [9.17, 15) is 9.90 Å². The van der Waals surface area contributed by atoms with Crippen molar-refractivity contribution in [3.05, 3.63) is 63.6 Å². The molecule has 0 aliphatic carbocycles. The number of aromatic amines is 1. The van der Waals surface area contributed by atoms with Crippen molar-refractivity contribution in [2.45, 2.75) is 13.5 Å². The average molecular weight is 307 g/mol. The van der Waals surface area contributed by atoms with Crippen molar-refractivity contribution in [2.24, 2.45) is 0 Å². The molecule has 3 rings (SSSR count). The number of nitrogens with one attached hydrogen (secondary N) is 1. The maximum atomic E-state index is 11.7. The maximum absolute atomic E-state index is 11.7. The number of nitrogens with zero attached hydrogens (tertiary/aromatic N) is 2. The molecule has 2 N–H and O–H groups in total. The van der Waals surface area contributed by atoms with Gasteiger partial charge >= 0.3 is 0 Å². The molecule has 0 amide bonds. The zero-order chi connectivity index (χ0) is 16.4. The molecule has 1 aromatic heterocycles. The van der Waals surface area contributed by atoms with Crippen molar-refractivity contribution >= 4 is 11.0 Å². The molecule has 6 heteroatoms. The number of fused-ring (bicyclic) bond motifs is 1. The third-order valence-corrected chi connectivity index (χ3v) is 3.38. The van der Waals surface area contributed by atoms with E-state index in [1.807, 2.05) is 6.07 Å². The van der Waals surface area contributed by atoms with Crippen LogP contribution >= 0.6 is 0 Å². The number of aliphatic hydroxyl groups excluding tert-OH is 1. The van der Waals surface area contributed by atoms with Gasteiger partial charge in [-0.3, -0.25) is 4.79 Å².